The average Bonchev–Trinajstić information content (AvgIpc) is 2.86. The predicted molar refractivity (Wildman–Crippen MR) is 56.0 cm³/mol. The van der Waals surface area contributed by atoms with E-state index in [-0.39, 0.29) is 0 Å². The number of rotatable bonds is 1. The molecule has 0 saturated carbocycles. The van der Waals surface area contributed by atoms with Crippen LogP contribution in [0.4, 0.5) is 0 Å². The smallest absolute Gasteiger partial charge is 0.167 e. The van der Waals surface area contributed by atoms with Gasteiger partial charge in [-0.15, -0.1) is 11.3 Å². The van der Waals surface area contributed by atoms with E-state index < -0.39 is 0 Å². The number of H-pyrrole nitrogens is 1. The van der Waals surface area contributed by atoms with Crippen LogP contribution in [0.2, 0.25) is 0 Å². The number of aromatic amines is 1. The van der Waals surface area contributed by atoms with Crippen LogP contribution < -0.4 is 0 Å². The Bertz CT molecular complexity index is 521. The molecule has 0 fully saturated rings. The van der Waals surface area contributed by atoms with Crippen molar-refractivity contribution in [3.05, 3.63) is 35.8 Å². The minimum Gasteiger partial charge on any atom is -0.336 e. The van der Waals surface area contributed by atoms with Gasteiger partial charge < -0.3 is 4.98 Å². The van der Waals surface area contributed by atoms with Gasteiger partial charge in [-0.05, 0) is 12.1 Å². The summed E-state index contributed by atoms with van der Waals surface area (Å²) in [5.41, 5.74) is 2.01. The van der Waals surface area contributed by atoms with Crippen LogP contribution in [0.15, 0.2) is 29.6 Å². The molecule has 3 rings (SSSR count). The number of aromatic nitrogens is 3. The minimum atomic E-state index is 0.817. The van der Waals surface area contributed by atoms with Gasteiger partial charge in [-0.1, -0.05) is 12.1 Å². The minimum absolute atomic E-state index is 0.817. The topological polar surface area (TPSA) is 41.6 Å². The molecule has 0 atom stereocenters. The summed E-state index contributed by atoms with van der Waals surface area (Å²) in [7, 11) is 0. The summed E-state index contributed by atoms with van der Waals surface area (Å²) in [6.45, 7) is 0. The molecular weight excluding hydrogens is 194 g/mol. The van der Waals surface area contributed by atoms with E-state index in [2.05, 4.69) is 21.1 Å². The van der Waals surface area contributed by atoms with Crippen LogP contribution in [0.1, 0.15) is 0 Å². The lowest BCUT2D eigenvalue weighted by Crippen LogP contribution is -1.76. The van der Waals surface area contributed by atoms with Crippen molar-refractivity contribution in [3.8, 4) is 10.8 Å². The molecule has 0 bridgehead atoms. The maximum absolute atomic E-state index is 4.43. The molecule has 3 nitrogen and oxygen atoms in total. The lowest BCUT2D eigenvalue weighted by Gasteiger charge is -1.84. The third-order valence-corrected chi connectivity index (χ3v) is 2.71. The zero-order valence-electron chi connectivity index (χ0n) is 7.19. The lowest BCUT2D eigenvalue weighted by molar-refractivity contribution is 1.28. The number of hydrogen-bond acceptors (Lipinski definition) is 3. The van der Waals surface area contributed by atoms with Crippen molar-refractivity contribution >= 4 is 22.4 Å². The summed E-state index contributed by atoms with van der Waals surface area (Å²) >= 11 is 1.53. The maximum atomic E-state index is 4.43. The van der Waals surface area contributed by atoms with E-state index in [1.165, 1.54) is 11.3 Å². The number of nitrogens with zero attached hydrogens (tertiary/aromatic N) is 2. The third kappa shape index (κ3) is 1.12. The molecule has 1 N–H and O–H groups in total. The van der Waals surface area contributed by atoms with Crippen LogP contribution in [0, 0.1) is 6.20 Å². The van der Waals surface area contributed by atoms with Crippen molar-refractivity contribution in [2.45, 2.75) is 0 Å². The second-order valence-electron chi connectivity index (χ2n) is 2.88. The predicted octanol–water partition coefficient (Wildman–Crippen LogP) is 2.49. The van der Waals surface area contributed by atoms with Crippen LogP contribution in [0.25, 0.3) is 21.9 Å². The zero-order chi connectivity index (χ0) is 9.38. The van der Waals surface area contributed by atoms with Crippen molar-refractivity contribution in [1.29, 1.82) is 0 Å². The number of para-hydroxylation sites is 2. The largest absolute Gasteiger partial charge is 0.336 e. The fourth-order valence-corrected chi connectivity index (χ4v) is 1.89. The molecule has 3 aromatic rings. The van der Waals surface area contributed by atoms with Gasteiger partial charge in [0.15, 0.2) is 10.8 Å². The van der Waals surface area contributed by atoms with Gasteiger partial charge in [-0.25, -0.2) is 9.97 Å². The Labute approximate surface area is 84.5 Å². The lowest BCUT2D eigenvalue weighted by atomic mass is 10.3. The number of imidazole rings is 1. The highest BCUT2D eigenvalue weighted by Crippen LogP contribution is 2.21. The third-order valence-electron chi connectivity index (χ3n) is 1.98. The van der Waals surface area contributed by atoms with E-state index in [0.29, 0.717) is 0 Å². The first-order chi connectivity index (χ1) is 6.93. The first-order valence-corrected chi connectivity index (χ1v) is 5.08. The summed E-state index contributed by atoms with van der Waals surface area (Å²) in [5.74, 6) is 0.817. The second kappa shape index (κ2) is 2.92. The normalized spacial score (nSPS) is 10.9. The fourth-order valence-electron chi connectivity index (χ4n) is 1.36. The standard InChI is InChI=1S/C10H6N3S/c1-2-4-8-7(3-1)12-9(13-8)10-11-5-6-14-10/h1-4,6H,(H,12,13). The molecule has 0 unspecified atom stereocenters. The highest BCUT2D eigenvalue weighted by atomic mass is 32.1. The molecule has 0 amide bonds. The van der Waals surface area contributed by atoms with Gasteiger partial charge in [0, 0.05) is 5.38 Å². The number of nitrogens with one attached hydrogen (secondary N) is 1. The first-order valence-electron chi connectivity index (χ1n) is 4.20. The van der Waals surface area contributed by atoms with E-state index in [4.69, 9.17) is 0 Å². The Hall–Kier alpha value is -1.68. The van der Waals surface area contributed by atoms with Gasteiger partial charge in [0.05, 0.1) is 11.0 Å². The van der Waals surface area contributed by atoms with Crippen molar-refractivity contribution in [2.24, 2.45) is 0 Å². The molecule has 0 aliphatic heterocycles. The summed E-state index contributed by atoms with van der Waals surface area (Å²) in [5, 5.41) is 2.70. The van der Waals surface area contributed by atoms with Crippen molar-refractivity contribution in [3.63, 3.8) is 0 Å². The Kier molecular flexibility index (Phi) is 1.61. The van der Waals surface area contributed by atoms with Gasteiger partial charge in [0.25, 0.3) is 0 Å². The highest BCUT2D eigenvalue weighted by molar-refractivity contribution is 7.12. The summed E-state index contributed by atoms with van der Waals surface area (Å²) in [4.78, 5) is 11.7. The van der Waals surface area contributed by atoms with Gasteiger partial charge in [-0.3, -0.25) is 0 Å². The van der Waals surface area contributed by atoms with Gasteiger partial charge in [-0.2, -0.15) is 0 Å². The van der Waals surface area contributed by atoms with Gasteiger partial charge in [0.2, 0.25) is 0 Å². The molecule has 1 aromatic carbocycles. The Morgan fingerprint density at radius 1 is 1.29 bits per heavy atom. The molecule has 67 valence electrons. The second-order valence-corrected chi connectivity index (χ2v) is 3.74. The Morgan fingerprint density at radius 2 is 2.21 bits per heavy atom. The average molecular weight is 200 g/mol. The summed E-state index contributed by atoms with van der Waals surface area (Å²) in [6.07, 6.45) is 2.78. The van der Waals surface area contributed by atoms with E-state index in [9.17, 15) is 0 Å². The quantitative estimate of drug-likeness (QED) is 0.655. The molecule has 14 heavy (non-hydrogen) atoms. The zero-order valence-corrected chi connectivity index (χ0v) is 8.01. The number of benzene rings is 1. The van der Waals surface area contributed by atoms with E-state index in [1.54, 1.807) is 0 Å². The summed E-state index contributed by atoms with van der Waals surface area (Å²) < 4.78 is 0. The molecule has 0 spiro atoms. The van der Waals surface area contributed by atoms with E-state index >= 15 is 0 Å². The molecule has 4 heteroatoms. The number of fused-ring (bicyclic) bond motifs is 1. The Balaban J connectivity index is 2.24. The van der Waals surface area contributed by atoms with Crippen molar-refractivity contribution in [2.75, 3.05) is 0 Å². The van der Waals surface area contributed by atoms with Crippen molar-refractivity contribution in [1.82, 2.24) is 15.0 Å². The van der Waals surface area contributed by atoms with Gasteiger partial charge >= 0.3 is 0 Å². The first kappa shape index (κ1) is 7.70. The van der Waals surface area contributed by atoms with Gasteiger partial charge in [0.1, 0.15) is 6.20 Å². The number of hydrogen-bond donors (Lipinski definition) is 1. The SMILES string of the molecule is [c]1csc(-c2nc3ccccc3[nH]2)n1. The van der Waals surface area contributed by atoms with Crippen LogP contribution in [-0.4, -0.2) is 15.0 Å². The Morgan fingerprint density at radius 3 is 3.00 bits per heavy atom. The molecule has 2 aromatic heterocycles. The van der Waals surface area contributed by atoms with Crippen molar-refractivity contribution < 1.29 is 0 Å². The van der Waals surface area contributed by atoms with Crippen LogP contribution in [0.5, 0.6) is 0 Å². The fraction of sp³-hybridized carbons (Fsp3) is 0. The summed E-state index contributed by atoms with van der Waals surface area (Å²) in [6, 6.07) is 7.94. The van der Waals surface area contributed by atoms with E-state index in [0.717, 1.165) is 21.9 Å². The monoisotopic (exact) mass is 200 g/mol. The molecular formula is C10H6N3S. The molecule has 2 heterocycles. The molecule has 0 aliphatic carbocycles. The molecule has 1 radical (unpaired) electrons. The van der Waals surface area contributed by atoms with Crippen LogP contribution in [0.3, 0.4) is 0 Å². The highest BCUT2D eigenvalue weighted by Gasteiger charge is 2.05. The van der Waals surface area contributed by atoms with Crippen LogP contribution in [-0.2, 0) is 0 Å². The number of thiazole rings is 1. The molecule has 0 aliphatic rings. The van der Waals surface area contributed by atoms with E-state index in [1.807, 2.05) is 29.6 Å². The maximum Gasteiger partial charge on any atom is 0.167 e. The molecule has 0 saturated heterocycles. The van der Waals surface area contributed by atoms with Crippen LogP contribution >= 0.6 is 11.3 Å².